The lowest BCUT2D eigenvalue weighted by molar-refractivity contribution is -0.136. The number of carbonyl (C=O) groups is 2. The molecule has 0 saturated heterocycles. The lowest BCUT2D eigenvalue weighted by atomic mass is 10.1. The number of nitrogens with one attached hydrogen (secondary N) is 1. The topological polar surface area (TPSA) is 106 Å². The normalized spacial score (nSPS) is 15.1. The van der Waals surface area contributed by atoms with Crippen molar-refractivity contribution in [1.29, 1.82) is 0 Å². The fourth-order valence-corrected chi connectivity index (χ4v) is 5.01. The zero-order chi connectivity index (χ0) is 25.9. The Hall–Kier alpha value is -3.47. The molecule has 186 valence electrons. The molecule has 0 fully saturated rings. The number of methoxy groups -OCH3 is 1. The fraction of sp³-hybridized carbons (Fsp3) is 0.154. The third-order valence-electron chi connectivity index (χ3n) is 5.61. The van der Waals surface area contributed by atoms with Crippen LogP contribution < -0.4 is 4.72 Å². The van der Waals surface area contributed by atoms with Crippen LogP contribution in [-0.2, 0) is 37.4 Å². The Labute approximate surface area is 217 Å². The molecular formula is C26H23BrN2O6S. The number of sulfonamides is 1. The zero-order valence-electron chi connectivity index (χ0n) is 19.5. The number of allylic oxidation sites excluding steroid dienone is 1. The van der Waals surface area contributed by atoms with Crippen molar-refractivity contribution in [3.05, 3.63) is 105 Å². The number of furan rings is 1. The van der Waals surface area contributed by atoms with Gasteiger partial charge in [0.05, 0.1) is 36.2 Å². The second kappa shape index (κ2) is 10.7. The summed E-state index contributed by atoms with van der Waals surface area (Å²) in [5.41, 5.74) is 1.70. The number of benzene rings is 2. The molecule has 4 rings (SSSR count). The summed E-state index contributed by atoms with van der Waals surface area (Å²) in [4.78, 5) is 27.4. The summed E-state index contributed by atoms with van der Waals surface area (Å²) in [7, 11) is -2.48. The summed E-state index contributed by atoms with van der Waals surface area (Å²) in [6.07, 6.45) is 1.47. The van der Waals surface area contributed by atoms with Gasteiger partial charge in [-0.05, 0) is 55.0 Å². The largest absolute Gasteiger partial charge is 0.465 e. The van der Waals surface area contributed by atoms with E-state index in [9.17, 15) is 18.0 Å². The van der Waals surface area contributed by atoms with Gasteiger partial charge in [0.1, 0.15) is 11.5 Å². The van der Waals surface area contributed by atoms with Crippen molar-refractivity contribution < 1.29 is 27.2 Å². The predicted molar refractivity (Wildman–Crippen MR) is 137 cm³/mol. The molecule has 2 heterocycles. The highest BCUT2D eigenvalue weighted by Crippen LogP contribution is 2.33. The van der Waals surface area contributed by atoms with Gasteiger partial charge in [0.25, 0.3) is 5.91 Å². The Balaban J connectivity index is 1.55. The quantitative estimate of drug-likeness (QED) is 0.318. The molecule has 1 aliphatic heterocycles. The Bertz CT molecular complexity index is 1460. The molecule has 0 unspecified atom stereocenters. The van der Waals surface area contributed by atoms with E-state index in [-0.39, 0.29) is 28.5 Å². The molecule has 0 bridgehead atoms. The molecule has 8 nitrogen and oxygen atoms in total. The average molecular weight is 571 g/mol. The first-order valence-electron chi connectivity index (χ1n) is 10.9. The molecule has 0 aliphatic carbocycles. The predicted octanol–water partition coefficient (Wildman–Crippen LogP) is 4.39. The molecule has 1 N–H and O–H groups in total. The minimum absolute atomic E-state index is 0.0889. The standard InChI is InChI=1S/C26H23BrN2O6S/c1-17-24(26(31)34-2)23(25(30)29(17)16-18-6-4-3-5-7-18)14-20-10-11-21(35-20)15-28-36(32,33)22-12-8-19(27)9-13-22/h3-14,28H,15-16H2,1-2H3. The first-order valence-corrected chi connectivity index (χ1v) is 13.2. The molecular weight excluding hydrogens is 548 g/mol. The molecule has 1 amide bonds. The Morgan fingerprint density at radius 3 is 2.44 bits per heavy atom. The summed E-state index contributed by atoms with van der Waals surface area (Å²) in [5.74, 6) is -0.344. The summed E-state index contributed by atoms with van der Waals surface area (Å²) in [6, 6.07) is 18.9. The van der Waals surface area contributed by atoms with E-state index in [0.29, 0.717) is 23.8 Å². The van der Waals surface area contributed by atoms with E-state index >= 15 is 0 Å². The molecule has 36 heavy (non-hydrogen) atoms. The van der Waals surface area contributed by atoms with Crippen LogP contribution in [0.15, 0.2) is 97.4 Å². The lowest BCUT2D eigenvalue weighted by Gasteiger charge is -2.17. The van der Waals surface area contributed by atoms with Gasteiger partial charge >= 0.3 is 5.97 Å². The van der Waals surface area contributed by atoms with E-state index in [1.807, 2.05) is 30.3 Å². The second-order valence-corrected chi connectivity index (χ2v) is 10.7. The molecule has 2 aromatic carbocycles. The maximum absolute atomic E-state index is 13.3. The van der Waals surface area contributed by atoms with Crippen molar-refractivity contribution in [2.45, 2.75) is 24.9 Å². The van der Waals surface area contributed by atoms with Gasteiger partial charge in [0, 0.05) is 10.2 Å². The smallest absolute Gasteiger partial charge is 0.340 e. The number of amides is 1. The van der Waals surface area contributed by atoms with E-state index in [4.69, 9.17) is 9.15 Å². The number of halogens is 1. The molecule has 0 atom stereocenters. The van der Waals surface area contributed by atoms with Crippen molar-refractivity contribution in [2.75, 3.05) is 7.11 Å². The SMILES string of the molecule is COC(=O)C1=C(C)N(Cc2ccccc2)C(=O)C1=Cc1ccc(CNS(=O)(=O)c2ccc(Br)cc2)o1. The number of nitrogens with zero attached hydrogens (tertiary/aromatic N) is 1. The lowest BCUT2D eigenvalue weighted by Crippen LogP contribution is -2.24. The Morgan fingerprint density at radius 2 is 1.78 bits per heavy atom. The molecule has 0 spiro atoms. The maximum atomic E-state index is 13.3. The number of esters is 1. The molecule has 0 saturated carbocycles. The van der Waals surface area contributed by atoms with Gasteiger partial charge in [-0.3, -0.25) is 4.79 Å². The summed E-state index contributed by atoms with van der Waals surface area (Å²) in [5, 5.41) is 0. The van der Waals surface area contributed by atoms with E-state index < -0.39 is 16.0 Å². The zero-order valence-corrected chi connectivity index (χ0v) is 21.9. The van der Waals surface area contributed by atoms with Crippen LogP contribution >= 0.6 is 15.9 Å². The van der Waals surface area contributed by atoms with Crippen molar-refractivity contribution >= 4 is 43.9 Å². The van der Waals surface area contributed by atoms with Gasteiger partial charge in [0.2, 0.25) is 10.0 Å². The van der Waals surface area contributed by atoms with E-state index in [2.05, 4.69) is 20.7 Å². The number of rotatable bonds is 8. The monoisotopic (exact) mass is 570 g/mol. The maximum Gasteiger partial charge on any atom is 0.340 e. The third-order valence-corrected chi connectivity index (χ3v) is 7.56. The highest BCUT2D eigenvalue weighted by molar-refractivity contribution is 9.10. The first-order chi connectivity index (χ1) is 17.2. The molecule has 10 heteroatoms. The van der Waals surface area contributed by atoms with Gasteiger partial charge in [-0.15, -0.1) is 0 Å². The highest BCUT2D eigenvalue weighted by atomic mass is 79.9. The van der Waals surface area contributed by atoms with Crippen molar-refractivity contribution in [2.24, 2.45) is 0 Å². The van der Waals surface area contributed by atoms with E-state index in [1.54, 1.807) is 31.2 Å². The number of hydrogen-bond acceptors (Lipinski definition) is 6. The highest BCUT2D eigenvalue weighted by Gasteiger charge is 2.37. The second-order valence-electron chi connectivity index (χ2n) is 7.97. The summed E-state index contributed by atoms with van der Waals surface area (Å²) >= 11 is 3.28. The van der Waals surface area contributed by atoms with Crippen LogP contribution in [-0.4, -0.2) is 32.3 Å². The van der Waals surface area contributed by atoms with Gasteiger partial charge in [0.15, 0.2) is 0 Å². The van der Waals surface area contributed by atoms with E-state index in [0.717, 1.165) is 10.0 Å². The molecule has 1 aromatic heterocycles. The van der Waals surface area contributed by atoms with Crippen LogP contribution in [0.5, 0.6) is 0 Å². The molecule has 3 aromatic rings. The van der Waals surface area contributed by atoms with Crippen molar-refractivity contribution in [3.63, 3.8) is 0 Å². The van der Waals surface area contributed by atoms with Crippen LogP contribution in [0.25, 0.3) is 6.08 Å². The van der Waals surface area contributed by atoms with Crippen LogP contribution in [0.1, 0.15) is 24.0 Å². The van der Waals surface area contributed by atoms with Crippen LogP contribution in [0, 0.1) is 0 Å². The van der Waals surface area contributed by atoms with Crippen LogP contribution in [0.3, 0.4) is 0 Å². The van der Waals surface area contributed by atoms with Crippen LogP contribution in [0.4, 0.5) is 0 Å². The summed E-state index contributed by atoms with van der Waals surface area (Å²) in [6.45, 7) is 1.90. The average Bonchev–Trinajstić information content (AvgIpc) is 3.41. The van der Waals surface area contributed by atoms with Gasteiger partial charge in [-0.2, -0.15) is 0 Å². The van der Waals surface area contributed by atoms with Gasteiger partial charge < -0.3 is 14.1 Å². The van der Waals surface area contributed by atoms with Crippen molar-refractivity contribution in [1.82, 2.24) is 9.62 Å². The minimum atomic E-state index is -3.74. The number of hydrogen-bond donors (Lipinski definition) is 1. The fourth-order valence-electron chi connectivity index (χ4n) is 3.76. The Morgan fingerprint density at radius 1 is 1.08 bits per heavy atom. The minimum Gasteiger partial charge on any atom is -0.465 e. The first kappa shape index (κ1) is 25.6. The molecule has 1 aliphatic rings. The van der Waals surface area contributed by atoms with Gasteiger partial charge in [-0.1, -0.05) is 46.3 Å². The Kier molecular flexibility index (Phi) is 7.58. The molecule has 0 radical (unpaired) electrons. The van der Waals surface area contributed by atoms with Crippen molar-refractivity contribution in [3.8, 4) is 0 Å². The third kappa shape index (κ3) is 5.51. The van der Waals surface area contributed by atoms with Crippen LogP contribution in [0.2, 0.25) is 0 Å². The number of ether oxygens (including phenoxy) is 1. The van der Waals surface area contributed by atoms with E-state index in [1.165, 1.54) is 30.2 Å². The number of carbonyl (C=O) groups excluding carboxylic acids is 2. The summed E-state index contributed by atoms with van der Waals surface area (Å²) < 4.78 is 39.0. The van der Waals surface area contributed by atoms with Gasteiger partial charge in [-0.25, -0.2) is 17.9 Å².